The zero-order valence-electron chi connectivity index (χ0n) is 13.7. The van der Waals surface area contributed by atoms with Gasteiger partial charge in [-0.25, -0.2) is 4.99 Å². The summed E-state index contributed by atoms with van der Waals surface area (Å²) >= 11 is 5.05. The quantitative estimate of drug-likeness (QED) is 0.787. The van der Waals surface area contributed by atoms with Crippen molar-refractivity contribution < 1.29 is 4.79 Å². The average molecular weight is 416 g/mol. The standard InChI is InChI=1S/C19H18BrN3OS/c1-12-16(18(21)24)17(14-5-3-2-4-6-14)23-19(22-12)25-11-13-7-9-15(20)10-8-13/h2-10,17H,11H2,1H3,(H2,21,24)(H,22,23). The van der Waals surface area contributed by atoms with Gasteiger partial charge in [-0.15, -0.1) is 0 Å². The van der Waals surface area contributed by atoms with Crippen molar-refractivity contribution in [1.82, 2.24) is 5.32 Å². The van der Waals surface area contributed by atoms with E-state index in [1.54, 1.807) is 11.8 Å². The maximum Gasteiger partial charge on any atom is 0.248 e. The fourth-order valence-electron chi connectivity index (χ4n) is 2.65. The first kappa shape index (κ1) is 17.8. The Bertz CT molecular complexity index is 832. The number of allylic oxidation sites excluding steroid dienone is 1. The minimum absolute atomic E-state index is 0.368. The molecule has 2 aromatic rings. The van der Waals surface area contributed by atoms with Crippen LogP contribution in [0.5, 0.6) is 0 Å². The monoisotopic (exact) mass is 415 g/mol. The third kappa shape index (κ3) is 4.32. The van der Waals surface area contributed by atoms with Gasteiger partial charge in [0.1, 0.15) is 6.04 Å². The Hall–Kier alpha value is -2.05. The number of halogens is 1. The number of rotatable bonds is 4. The normalized spacial score (nSPS) is 17.0. The van der Waals surface area contributed by atoms with Gasteiger partial charge in [0.15, 0.2) is 5.17 Å². The Labute approximate surface area is 159 Å². The van der Waals surface area contributed by atoms with Crippen LogP contribution in [0.2, 0.25) is 0 Å². The third-order valence-electron chi connectivity index (χ3n) is 3.89. The minimum Gasteiger partial charge on any atom is -0.366 e. The predicted octanol–water partition coefficient (Wildman–Crippen LogP) is 4.14. The summed E-state index contributed by atoms with van der Waals surface area (Å²) in [5.41, 5.74) is 9.03. The van der Waals surface area contributed by atoms with Gasteiger partial charge in [0.2, 0.25) is 5.91 Å². The molecule has 4 nitrogen and oxygen atoms in total. The number of aliphatic imine (C=N–C) groups is 1. The summed E-state index contributed by atoms with van der Waals surface area (Å²) in [5.74, 6) is 0.347. The van der Waals surface area contributed by atoms with Gasteiger partial charge < -0.3 is 11.1 Å². The second-order valence-electron chi connectivity index (χ2n) is 5.69. The van der Waals surface area contributed by atoms with Crippen LogP contribution in [0.15, 0.2) is 75.3 Å². The van der Waals surface area contributed by atoms with E-state index in [9.17, 15) is 4.79 Å². The number of amidine groups is 1. The summed E-state index contributed by atoms with van der Waals surface area (Å²) in [4.78, 5) is 16.6. The van der Waals surface area contributed by atoms with Gasteiger partial charge in [-0.1, -0.05) is 70.2 Å². The van der Waals surface area contributed by atoms with Crippen molar-refractivity contribution in [3.63, 3.8) is 0 Å². The zero-order valence-corrected chi connectivity index (χ0v) is 16.1. The van der Waals surface area contributed by atoms with E-state index in [4.69, 9.17) is 10.7 Å². The topological polar surface area (TPSA) is 67.5 Å². The number of nitrogens with two attached hydrogens (primary N) is 1. The van der Waals surface area contributed by atoms with Crippen LogP contribution in [0.4, 0.5) is 0 Å². The number of carbonyl (C=O) groups excluding carboxylic acids is 1. The maximum absolute atomic E-state index is 11.9. The molecule has 0 saturated carbocycles. The molecule has 0 saturated heterocycles. The van der Waals surface area contributed by atoms with Crippen molar-refractivity contribution in [3.05, 3.63) is 81.5 Å². The number of benzene rings is 2. The molecule has 6 heteroatoms. The number of nitrogens with one attached hydrogen (secondary N) is 1. The molecule has 1 atom stereocenters. The third-order valence-corrected chi connectivity index (χ3v) is 5.38. The van der Waals surface area contributed by atoms with Crippen LogP contribution in [0, 0.1) is 0 Å². The highest BCUT2D eigenvalue weighted by Crippen LogP contribution is 2.32. The first-order valence-electron chi connectivity index (χ1n) is 7.82. The molecular weight excluding hydrogens is 398 g/mol. The number of amides is 1. The lowest BCUT2D eigenvalue weighted by Gasteiger charge is -2.25. The van der Waals surface area contributed by atoms with Crippen molar-refractivity contribution in [1.29, 1.82) is 0 Å². The second-order valence-corrected chi connectivity index (χ2v) is 7.57. The van der Waals surface area contributed by atoms with Gasteiger partial charge in [0.05, 0.1) is 5.57 Å². The molecule has 0 aromatic heterocycles. The first-order chi connectivity index (χ1) is 12.0. The lowest BCUT2D eigenvalue weighted by Crippen LogP contribution is -2.32. The van der Waals surface area contributed by atoms with E-state index in [0.717, 1.165) is 26.7 Å². The Balaban J connectivity index is 1.83. The van der Waals surface area contributed by atoms with Crippen molar-refractivity contribution in [3.8, 4) is 0 Å². The fourth-order valence-corrected chi connectivity index (χ4v) is 3.81. The molecular formula is C19H18BrN3OS. The maximum atomic E-state index is 11.9. The molecule has 1 aliphatic rings. The Kier molecular flexibility index (Phi) is 5.60. The van der Waals surface area contributed by atoms with E-state index in [2.05, 4.69) is 33.4 Å². The predicted molar refractivity (Wildman–Crippen MR) is 107 cm³/mol. The highest BCUT2D eigenvalue weighted by molar-refractivity contribution is 9.10. The van der Waals surface area contributed by atoms with Crippen LogP contribution in [0.3, 0.4) is 0 Å². The molecule has 0 aliphatic carbocycles. The van der Waals surface area contributed by atoms with Gasteiger partial charge in [-0.3, -0.25) is 4.79 Å². The van der Waals surface area contributed by atoms with Crippen molar-refractivity contribution in [2.75, 3.05) is 0 Å². The van der Waals surface area contributed by atoms with Crippen LogP contribution in [-0.4, -0.2) is 11.1 Å². The van der Waals surface area contributed by atoms with Crippen molar-refractivity contribution in [2.45, 2.75) is 18.7 Å². The summed E-state index contributed by atoms with van der Waals surface area (Å²) in [5, 5.41) is 4.00. The Morgan fingerprint density at radius 2 is 1.88 bits per heavy atom. The van der Waals surface area contributed by atoms with Crippen LogP contribution < -0.4 is 11.1 Å². The Morgan fingerprint density at radius 3 is 2.52 bits per heavy atom. The van der Waals surface area contributed by atoms with Crippen LogP contribution in [0.1, 0.15) is 24.1 Å². The van der Waals surface area contributed by atoms with E-state index < -0.39 is 5.91 Å². The van der Waals surface area contributed by atoms with Gasteiger partial charge in [-0.05, 0) is 30.2 Å². The number of hydrogen-bond acceptors (Lipinski definition) is 4. The zero-order chi connectivity index (χ0) is 17.8. The van der Waals surface area contributed by atoms with E-state index in [1.165, 1.54) is 5.56 Å². The van der Waals surface area contributed by atoms with Crippen LogP contribution in [-0.2, 0) is 10.5 Å². The summed E-state index contributed by atoms with van der Waals surface area (Å²) in [6, 6.07) is 17.6. The van der Waals surface area contributed by atoms with E-state index in [1.807, 2.05) is 49.4 Å². The molecule has 2 aromatic carbocycles. The smallest absolute Gasteiger partial charge is 0.248 e. The lowest BCUT2D eigenvalue weighted by atomic mass is 9.96. The summed E-state index contributed by atoms with van der Waals surface area (Å²) < 4.78 is 1.06. The summed E-state index contributed by atoms with van der Waals surface area (Å²) in [6.07, 6.45) is 0. The molecule has 0 radical (unpaired) electrons. The lowest BCUT2D eigenvalue weighted by molar-refractivity contribution is -0.114. The highest BCUT2D eigenvalue weighted by atomic mass is 79.9. The average Bonchev–Trinajstić information content (AvgIpc) is 2.61. The number of primary amides is 1. The van der Waals surface area contributed by atoms with Crippen LogP contribution >= 0.6 is 27.7 Å². The highest BCUT2D eigenvalue weighted by Gasteiger charge is 2.27. The molecule has 3 rings (SSSR count). The summed E-state index contributed by atoms with van der Waals surface area (Å²) in [7, 11) is 0. The largest absolute Gasteiger partial charge is 0.366 e. The van der Waals surface area contributed by atoms with Crippen molar-refractivity contribution >= 4 is 38.8 Å². The minimum atomic E-state index is -0.445. The molecule has 1 aliphatic heterocycles. The Morgan fingerprint density at radius 1 is 1.20 bits per heavy atom. The number of hydrogen-bond donors (Lipinski definition) is 2. The van der Waals surface area contributed by atoms with E-state index >= 15 is 0 Å². The molecule has 1 heterocycles. The van der Waals surface area contributed by atoms with E-state index in [-0.39, 0.29) is 6.04 Å². The number of thioether (sulfide) groups is 1. The summed E-state index contributed by atoms with van der Waals surface area (Å²) in [6.45, 7) is 1.87. The van der Waals surface area contributed by atoms with Gasteiger partial charge >= 0.3 is 0 Å². The molecule has 0 bridgehead atoms. The molecule has 128 valence electrons. The number of nitrogens with zero attached hydrogens (tertiary/aromatic N) is 1. The fraction of sp³-hybridized carbons (Fsp3) is 0.158. The first-order valence-corrected chi connectivity index (χ1v) is 9.60. The van der Waals surface area contributed by atoms with Gasteiger partial charge in [0, 0.05) is 15.9 Å². The molecule has 0 spiro atoms. The van der Waals surface area contributed by atoms with Gasteiger partial charge in [-0.2, -0.15) is 0 Å². The molecule has 1 unspecified atom stereocenters. The second kappa shape index (κ2) is 7.89. The SMILES string of the molecule is CC1=C(C(N)=O)C(c2ccccc2)N=C(SCc2ccc(Br)cc2)N1. The van der Waals surface area contributed by atoms with Crippen LogP contribution in [0.25, 0.3) is 0 Å². The molecule has 0 fully saturated rings. The molecule has 25 heavy (non-hydrogen) atoms. The van der Waals surface area contributed by atoms with E-state index in [0.29, 0.717) is 5.57 Å². The molecule has 1 amide bonds. The van der Waals surface area contributed by atoms with Gasteiger partial charge in [0.25, 0.3) is 0 Å². The molecule has 3 N–H and O–H groups in total. The number of carbonyl (C=O) groups is 1. The van der Waals surface area contributed by atoms with Crippen molar-refractivity contribution in [2.24, 2.45) is 10.7 Å².